The summed E-state index contributed by atoms with van der Waals surface area (Å²) in [6, 6.07) is 16.8. The highest BCUT2D eigenvalue weighted by Gasteiger charge is 2.35. The Hall–Kier alpha value is -2.95. The molecular formula is C22H12Cl2O4. The van der Waals surface area contributed by atoms with Crippen molar-refractivity contribution < 1.29 is 19.1 Å². The first-order valence-electron chi connectivity index (χ1n) is 8.40. The summed E-state index contributed by atoms with van der Waals surface area (Å²) in [6.07, 6.45) is 0. The summed E-state index contributed by atoms with van der Waals surface area (Å²) in [5, 5.41) is -0.149. The zero-order chi connectivity index (χ0) is 19.8. The Labute approximate surface area is 170 Å². The maximum atomic E-state index is 12.9. The average molecular weight is 411 g/mol. The number of carbonyl (C=O) groups is 3. The van der Waals surface area contributed by atoms with Gasteiger partial charge in [0.1, 0.15) is 6.61 Å². The van der Waals surface area contributed by atoms with Crippen molar-refractivity contribution >= 4 is 40.7 Å². The van der Waals surface area contributed by atoms with E-state index in [1.807, 2.05) is 30.3 Å². The van der Waals surface area contributed by atoms with Crippen LogP contribution >= 0.6 is 23.2 Å². The molecule has 28 heavy (non-hydrogen) atoms. The van der Waals surface area contributed by atoms with Crippen LogP contribution in [0.4, 0.5) is 0 Å². The van der Waals surface area contributed by atoms with Crippen LogP contribution in [0.2, 0.25) is 10.0 Å². The Balaban J connectivity index is 1.74. The van der Waals surface area contributed by atoms with E-state index < -0.39 is 17.5 Å². The van der Waals surface area contributed by atoms with Gasteiger partial charge in [-0.15, -0.1) is 0 Å². The zero-order valence-corrected chi connectivity index (χ0v) is 15.9. The lowest BCUT2D eigenvalue weighted by molar-refractivity contribution is 0.0472. The highest BCUT2D eigenvalue weighted by molar-refractivity contribution is 6.45. The second-order valence-electron chi connectivity index (χ2n) is 6.24. The molecule has 1 aliphatic rings. The quantitative estimate of drug-likeness (QED) is 0.439. The summed E-state index contributed by atoms with van der Waals surface area (Å²) >= 11 is 12.6. The smallest absolute Gasteiger partial charge is 0.340 e. The van der Waals surface area contributed by atoms with Crippen LogP contribution in [0.3, 0.4) is 0 Å². The van der Waals surface area contributed by atoms with Crippen molar-refractivity contribution in [3.05, 3.63) is 104 Å². The summed E-state index contributed by atoms with van der Waals surface area (Å²) in [4.78, 5) is 38.3. The zero-order valence-electron chi connectivity index (χ0n) is 14.4. The highest BCUT2D eigenvalue weighted by Crippen LogP contribution is 2.38. The minimum atomic E-state index is -0.724. The first-order chi connectivity index (χ1) is 13.5. The van der Waals surface area contributed by atoms with Gasteiger partial charge in [-0.3, -0.25) is 9.59 Å². The number of hydrogen-bond donors (Lipinski definition) is 0. The van der Waals surface area contributed by atoms with Gasteiger partial charge in [0.25, 0.3) is 0 Å². The Bertz CT molecular complexity index is 1140. The van der Waals surface area contributed by atoms with Crippen molar-refractivity contribution in [1.82, 2.24) is 0 Å². The van der Waals surface area contributed by atoms with Crippen LogP contribution in [0.5, 0.6) is 0 Å². The molecular weight excluding hydrogens is 399 g/mol. The van der Waals surface area contributed by atoms with Gasteiger partial charge >= 0.3 is 5.97 Å². The van der Waals surface area contributed by atoms with Crippen molar-refractivity contribution in [1.29, 1.82) is 0 Å². The lowest BCUT2D eigenvalue weighted by Crippen LogP contribution is -2.23. The van der Waals surface area contributed by atoms with E-state index in [1.165, 1.54) is 6.07 Å². The molecule has 138 valence electrons. The predicted molar refractivity (Wildman–Crippen MR) is 105 cm³/mol. The lowest BCUT2D eigenvalue weighted by Gasteiger charge is -2.20. The minimum Gasteiger partial charge on any atom is -0.457 e. The third-order valence-corrected chi connectivity index (χ3v) is 5.21. The molecule has 0 N–H and O–H groups in total. The van der Waals surface area contributed by atoms with Gasteiger partial charge in [0.05, 0.1) is 26.7 Å². The van der Waals surface area contributed by atoms with Crippen LogP contribution < -0.4 is 0 Å². The summed E-state index contributed by atoms with van der Waals surface area (Å²) in [7, 11) is 0. The van der Waals surface area contributed by atoms with E-state index in [0.717, 1.165) is 5.56 Å². The molecule has 6 heteroatoms. The molecule has 0 aromatic heterocycles. The molecule has 0 fully saturated rings. The third-order valence-electron chi connectivity index (χ3n) is 4.52. The van der Waals surface area contributed by atoms with E-state index in [9.17, 15) is 14.4 Å². The normalized spacial score (nSPS) is 12.4. The molecule has 0 bridgehead atoms. The Morgan fingerprint density at radius 1 is 0.821 bits per heavy atom. The molecule has 3 aromatic rings. The minimum absolute atomic E-state index is 0.00924. The number of ether oxygens (including phenoxy) is 1. The van der Waals surface area contributed by atoms with Crippen LogP contribution in [0.25, 0.3) is 0 Å². The maximum Gasteiger partial charge on any atom is 0.340 e. The fourth-order valence-electron chi connectivity index (χ4n) is 3.16. The number of rotatable bonds is 3. The second-order valence-corrected chi connectivity index (χ2v) is 7.02. The molecule has 3 aromatic carbocycles. The predicted octanol–water partition coefficient (Wildman–Crippen LogP) is 5.13. The molecule has 0 aliphatic heterocycles. The third kappa shape index (κ3) is 3.01. The van der Waals surface area contributed by atoms with E-state index in [-0.39, 0.29) is 44.5 Å². The summed E-state index contributed by atoms with van der Waals surface area (Å²) in [5.41, 5.74) is 1.18. The molecule has 0 amide bonds. The van der Waals surface area contributed by atoms with Gasteiger partial charge in [0, 0.05) is 11.1 Å². The summed E-state index contributed by atoms with van der Waals surface area (Å²) < 4.78 is 5.29. The summed E-state index contributed by atoms with van der Waals surface area (Å²) in [6.45, 7) is 0.0421. The molecule has 0 heterocycles. The van der Waals surface area contributed by atoms with Gasteiger partial charge in [-0.05, 0) is 11.6 Å². The van der Waals surface area contributed by atoms with Crippen molar-refractivity contribution in [3.8, 4) is 0 Å². The first kappa shape index (κ1) is 18.4. The van der Waals surface area contributed by atoms with Crippen molar-refractivity contribution in [3.63, 3.8) is 0 Å². The van der Waals surface area contributed by atoms with E-state index in [0.29, 0.717) is 0 Å². The fraction of sp³-hybridized carbons (Fsp3) is 0.0455. The second kappa shape index (κ2) is 7.23. The van der Waals surface area contributed by atoms with E-state index >= 15 is 0 Å². The monoisotopic (exact) mass is 410 g/mol. The Morgan fingerprint density at radius 3 is 2.04 bits per heavy atom. The van der Waals surface area contributed by atoms with Crippen LogP contribution in [0.15, 0.2) is 60.7 Å². The number of fused-ring (bicyclic) bond motifs is 2. The number of hydrogen-bond acceptors (Lipinski definition) is 4. The maximum absolute atomic E-state index is 12.9. The number of halogens is 2. The Morgan fingerprint density at radius 2 is 1.39 bits per heavy atom. The number of ketones is 2. The van der Waals surface area contributed by atoms with Gasteiger partial charge in [-0.2, -0.15) is 0 Å². The van der Waals surface area contributed by atoms with Crippen molar-refractivity contribution in [2.45, 2.75) is 6.61 Å². The molecule has 0 saturated heterocycles. The first-order valence-corrected chi connectivity index (χ1v) is 9.16. The van der Waals surface area contributed by atoms with Crippen LogP contribution in [-0.4, -0.2) is 17.5 Å². The Kier molecular flexibility index (Phi) is 4.75. The van der Waals surface area contributed by atoms with Crippen LogP contribution in [0.1, 0.15) is 47.8 Å². The molecule has 0 spiro atoms. The molecule has 0 saturated carbocycles. The molecule has 0 radical (unpaired) electrons. The van der Waals surface area contributed by atoms with Gasteiger partial charge in [-0.25, -0.2) is 4.79 Å². The van der Waals surface area contributed by atoms with Gasteiger partial charge in [-0.1, -0.05) is 77.8 Å². The summed E-state index contributed by atoms with van der Waals surface area (Å²) in [5.74, 6) is -1.58. The van der Waals surface area contributed by atoms with E-state index in [4.69, 9.17) is 27.9 Å². The molecule has 4 rings (SSSR count). The van der Waals surface area contributed by atoms with Crippen molar-refractivity contribution in [2.24, 2.45) is 0 Å². The van der Waals surface area contributed by atoms with E-state index in [2.05, 4.69) is 0 Å². The van der Waals surface area contributed by atoms with Crippen molar-refractivity contribution in [2.75, 3.05) is 0 Å². The molecule has 4 nitrogen and oxygen atoms in total. The average Bonchev–Trinajstić information content (AvgIpc) is 2.72. The molecule has 0 unspecified atom stereocenters. The number of esters is 1. The number of carbonyl (C=O) groups excluding carboxylic acids is 3. The van der Waals surface area contributed by atoms with Gasteiger partial charge in [0.15, 0.2) is 11.6 Å². The standard InChI is InChI=1S/C22H12Cl2O4/c23-16-10-15(22(27)28-11-12-6-2-1-3-7-12)19(24)18-17(16)20(25)13-8-4-5-9-14(13)21(18)26/h1-10H,11H2. The largest absolute Gasteiger partial charge is 0.457 e. The fourth-order valence-corrected chi connectivity index (χ4v) is 3.76. The van der Waals surface area contributed by atoms with Gasteiger partial charge < -0.3 is 4.74 Å². The van der Waals surface area contributed by atoms with Crippen LogP contribution in [0, 0.1) is 0 Å². The molecule has 1 aliphatic carbocycles. The lowest BCUT2D eigenvalue weighted by atomic mass is 9.83. The SMILES string of the molecule is O=C(OCc1ccccc1)c1cc(Cl)c2c(c1Cl)C(=O)c1ccccc1C2=O. The topological polar surface area (TPSA) is 60.4 Å². The van der Waals surface area contributed by atoms with Gasteiger partial charge in [0.2, 0.25) is 0 Å². The number of benzene rings is 3. The van der Waals surface area contributed by atoms with E-state index in [1.54, 1.807) is 24.3 Å². The molecule has 0 atom stereocenters. The van der Waals surface area contributed by atoms with Crippen LogP contribution in [-0.2, 0) is 11.3 Å². The highest BCUT2D eigenvalue weighted by atomic mass is 35.5.